The van der Waals surface area contributed by atoms with Crippen LogP contribution in [0.3, 0.4) is 0 Å². The van der Waals surface area contributed by atoms with E-state index in [1.54, 1.807) is 12.1 Å². The number of amides is 1. The molecule has 0 saturated carbocycles. The summed E-state index contributed by atoms with van der Waals surface area (Å²) >= 11 is 0. The highest BCUT2D eigenvalue weighted by Gasteiger charge is 2.28. The first-order valence-electron chi connectivity index (χ1n) is 9.14. The van der Waals surface area contributed by atoms with E-state index in [0.717, 1.165) is 26.1 Å². The average Bonchev–Trinajstić information content (AvgIpc) is 3.06. The third-order valence-corrected chi connectivity index (χ3v) is 4.22. The van der Waals surface area contributed by atoms with Crippen LogP contribution in [0.15, 0.2) is 12.1 Å². The number of ether oxygens (including phenoxy) is 3. The van der Waals surface area contributed by atoms with E-state index in [1.807, 2.05) is 32.7 Å². The molecular weight excluding hydrogens is 320 g/mol. The summed E-state index contributed by atoms with van der Waals surface area (Å²) < 4.78 is 17.1. The summed E-state index contributed by atoms with van der Waals surface area (Å²) in [5.74, 6) is 2.21. The van der Waals surface area contributed by atoms with Gasteiger partial charge >= 0.3 is 0 Å². The van der Waals surface area contributed by atoms with E-state index in [1.165, 1.54) is 0 Å². The number of hydrogen-bond acceptors (Lipinski definition) is 5. The van der Waals surface area contributed by atoms with Gasteiger partial charge in [0.05, 0.1) is 19.8 Å². The standard InChI is InChI=1S/C19H30N2O4/c1-5-23-16-10-15(11-17(24-6-2)18(16)25-7-3)19(22)21-9-8-14(13-21)12-20-4/h10-11,14,20H,5-9,12-13H2,1-4H3. The van der Waals surface area contributed by atoms with Crippen LogP contribution in [-0.2, 0) is 0 Å². The summed E-state index contributed by atoms with van der Waals surface area (Å²) in [7, 11) is 1.94. The molecule has 1 aliphatic heterocycles. The smallest absolute Gasteiger partial charge is 0.254 e. The summed E-state index contributed by atoms with van der Waals surface area (Å²) in [5.41, 5.74) is 0.584. The summed E-state index contributed by atoms with van der Waals surface area (Å²) in [6.07, 6.45) is 1.03. The molecule has 0 aliphatic carbocycles. The van der Waals surface area contributed by atoms with E-state index in [0.29, 0.717) is 48.6 Å². The van der Waals surface area contributed by atoms with E-state index >= 15 is 0 Å². The fraction of sp³-hybridized carbons (Fsp3) is 0.632. The van der Waals surface area contributed by atoms with Crippen molar-refractivity contribution < 1.29 is 19.0 Å². The van der Waals surface area contributed by atoms with E-state index in [9.17, 15) is 4.79 Å². The molecule has 0 aromatic heterocycles. The topological polar surface area (TPSA) is 60.0 Å². The van der Waals surface area contributed by atoms with Gasteiger partial charge in [0, 0.05) is 18.7 Å². The number of nitrogens with one attached hydrogen (secondary N) is 1. The Labute approximate surface area is 150 Å². The van der Waals surface area contributed by atoms with Crippen molar-refractivity contribution >= 4 is 5.91 Å². The van der Waals surface area contributed by atoms with Gasteiger partial charge in [-0.1, -0.05) is 0 Å². The highest BCUT2D eigenvalue weighted by atomic mass is 16.5. The molecule has 1 fully saturated rings. The molecule has 1 aliphatic rings. The molecule has 0 bridgehead atoms. The van der Waals surface area contributed by atoms with Gasteiger partial charge in [-0.05, 0) is 58.8 Å². The quantitative estimate of drug-likeness (QED) is 0.742. The molecule has 25 heavy (non-hydrogen) atoms. The lowest BCUT2D eigenvalue weighted by molar-refractivity contribution is 0.0786. The molecule has 1 unspecified atom stereocenters. The Hall–Kier alpha value is -1.95. The number of carbonyl (C=O) groups excluding carboxylic acids is 1. The minimum absolute atomic E-state index is 0.0172. The molecule has 6 heteroatoms. The van der Waals surface area contributed by atoms with Gasteiger partial charge in [0.1, 0.15) is 0 Å². The molecule has 1 amide bonds. The van der Waals surface area contributed by atoms with Gasteiger partial charge in [-0.25, -0.2) is 0 Å². The van der Waals surface area contributed by atoms with Crippen molar-refractivity contribution in [3.8, 4) is 17.2 Å². The second kappa shape index (κ2) is 9.51. The molecule has 6 nitrogen and oxygen atoms in total. The molecule has 2 rings (SSSR count). The van der Waals surface area contributed by atoms with Crippen molar-refractivity contribution in [3.63, 3.8) is 0 Å². The largest absolute Gasteiger partial charge is 0.490 e. The Morgan fingerprint density at radius 2 is 1.72 bits per heavy atom. The summed E-state index contributed by atoms with van der Waals surface area (Å²) in [6, 6.07) is 3.54. The summed E-state index contributed by atoms with van der Waals surface area (Å²) in [4.78, 5) is 14.8. The number of rotatable bonds is 9. The molecule has 1 aromatic carbocycles. The van der Waals surface area contributed by atoms with Crippen molar-refractivity contribution in [2.24, 2.45) is 5.92 Å². The molecule has 140 valence electrons. The SMILES string of the molecule is CCOc1cc(C(=O)N2CCC(CNC)C2)cc(OCC)c1OCC. The Bertz CT molecular complexity index is 550. The van der Waals surface area contributed by atoms with Gasteiger partial charge < -0.3 is 24.4 Å². The van der Waals surface area contributed by atoms with Crippen molar-refractivity contribution in [1.82, 2.24) is 10.2 Å². The number of likely N-dealkylation sites (tertiary alicyclic amines) is 1. The Morgan fingerprint density at radius 1 is 1.12 bits per heavy atom. The molecule has 1 heterocycles. The number of nitrogens with zero attached hydrogens (tertiary/aromatic N) is 1. The van der Waals surface area contributed by atoms with E-state index in [-0.39, 0.29) is 5.91 Å². The minimum atomic E-state index is 0.0172. The molecule has 0 radical (unpaired) electrons. The number of carbonyl (C=O) groups is 1. The number of benzene rings is 1. The lowest BCUT2D eigenvalue weighted by Gasteiger charge is -2.20. The monoisotopic (exact) mass is 350 g/mol. The Morgan fingerprint density at radius 3 is 2.24 bits per heavy atom. The molecular formula is C19H30N2O4. The van der Waals surface area contributed by atoms with Crippen LogP contribution < -0.4 is 19.5 Å². The van der Waals surface area contributed by atoms with Crippen LogP contribution in [0.25, 0.3) is 0 Å². The van der Waals surface area contributed by atoms with Gasteiger partial charge in [-0.15, -0.1) is 0 Å². The second-order valence-corrected chi connectivity index (χ2v) is 6.06. The zero-order valence-corrected chi connectivity index (χ0v) is 15.8. The van der Waals surface area contributed by atoms with E-state index in [2.05, 4.69) is 5.32 Å². The molecule has 1 atom stereocenters. The van der Waals surface area contributed by atoms with Gasteiger partial charge in [0.2, 0.25) is 5.75 Å². The lowest BCUT2D eigenvalue weighted by Crippen LogP contribution is -2.30. The third kappa shape index (κ3) is 4.78. The Kier molecular flexibility index (Phi) is 7.37. The first kappa shape index (κ1) is 19.4. The molecule has 1 N–H and O–H groups in total. The number of hydrogen-bond donors (Lipinski definition) is 1. The highest BCUT2D eigenvalue weighted by Crippen LogP contribution is 2.39. The zero-order valence-electron chi connectivity index (χ0n) is 15.8. The van der Waals surface area contributed by atoms with Crippen molar-refractivity contribution in [2.45, 2.75) is 27.2 Å². The third-order valence-electron chi connectivity index (χ3n) is 4.22. The molecule has 1 saturated heterocycles. The van der Waals surface area contributed by atoms with Crippen molar-refractivity contribution in [3.05, 3.63) is 17.7 Å². The predicted molar refractivity (Wildman–Crippen MR) is 97.9 cm³/mol. The van der Waals surface area contributed by atoms with Crippen LogP contribution in [0.1, 0.15) is 37.6 Å². The highest BCUT2D eigenvalue weighted by molar-refractivity contribution is 5.95. The second-order valence-electron chi connectivity index (χ2n) is 6.06. The Balaban J connectivity index is 2.28. The summed E-state index contributed by atoms with van der Waals surface area (Å²) in [6.45, 7) is 9.73. The predicted octanol–water partition coefficient (Wildman–Crippen LogP) is 2.56. The van der Waals surface area contributed by atoms with Gasteiger partial charge in [0.25, 0.3) is 5.91 Å². The first-order valence-corrected chi connectivity index (χ1v) is 9.14. The van der Waals surface area contributed by atoms with E-state index < -0.39 is 0 Å². The lowest BCUT2D eigenvalue weighted by atomic mass is 10.1. The first-order chi connectivity index (χ1) is 12.1. The fourth-order valence-electron chi connectivity index (χ4n) is 3.17. The zero-order chi connectivity index (χ0) is 18.2. The molecule has 1 aromatic rings. The van der Waals surface area contributed by atoms with Crippen LogP contribution in [0.4, 0.5) is 0 Å². The normalized spacial score (nSPS) is 16.8. The van der Waals surface area contributed by atoms with E-state index in [4.69, 9.17) is 14.2 Å². The maximum Gasteiger partial charge on any atom is 0.254 e. The summed E-state index contributed by atoms with van der Waals surface area (Å²) in [5, 5.41) is 3.19. The fourth-order valence-corrected chi connectivity index (χ4v) is 3.17. The van der Waals surface area contributed by atoms with Crippen molar-refractivity contribution in [1.29, 1.82) is 0 Å². The minimum Gasteiger partial charge on any atom is -0.490 e. The van der Waals surface area contributed by atoms with Crippen LogP contribution in [0.2, 0.25) is 0 Å². The maximum absolute atomic E-state index is 12.9. The average molecular weight is 350 g/mol. The van der Waals surface area contributed by atoms with Gasteiger partial charge in [-0.3, -0.25) is 4.79 Å². The van der Waals surface area contributed by atoms with Crippen LogP contribution in [-0.4, -0.2) is 57.3 Å². The maximum atomic E-state index is 12.9. The van der Waals surface area contributed by atoms with Gasteiger partial charge in [0.15, 0.2) is 11.5 Å². The van der Waals surface area contributed by atoms with Gasteiger partial charge in [-0.2, -0.15) is 0 Å². The molecule has 0 spiro atoms. The van der Waals surface area contributed by atoms with Crippen LogP contribution in [0, 0.1) is 5.92 Å². The van der Waals surface area contributed by atoms with Crippen LogP contribution in [0.5, 0.6) is 17.2 Å². The van der Waals surface area contributed by atoms with Crippen molar-refractivity contribution in [2.75, 3.05) is 46.5 Å². The van der Waals surface area contributed by atoms with Crippen LogP contribution >= 0.6 is 0 Å².